The second-order valence-corrected chi connectivity index (χ2v) is 20.0. The van der Waals surface area contributed by atoms with Crippen molar-refractivity contribution in [2.45, 2.75) is 54.9 Å². The van der Waals surface area contributed by atoms with Gasteiger partial charge >= 0.3 is 308 Å². The number of aromatic nitrogens is 2. The number of nitrogens with one attached hydrogen (secondary N) is 1. The summed E-state index contributed by atoms with van der Waals surface area (Å²) in [6.45, 7) is 10.2. The summed E-state index contributed by atoms with van der Waals surface area (Å²) in [6.07, 6.45) is 1.71. The van der Waals surface area contributed by atoms with Crippen molar-refractivity contribution in [3.05, 3.63) is 177 Å². The maximum atomic E-state index is 13.4. The fourth-order valence-electron chi connectivity index (χ4n) is 6.66. The molecule has 10 heteroatoms. The van der Waals surface area contributed by atoms with Gasteiger partial charge in [-0.3, -0.25) is 0 Å². The summed E-state index contributed by atoms with van der Waals surface area (Å²) in [5, 5.41) is 0. The number of rotatable bonds is 14. The van der Waals surface area contributed by atoms with Crippen molar-refractivity contribution in [2.24, 2.45) is 0 Å². The molecule has 0 radical (unpaired) electrons. The Labute approximate surface area is 306 Å². The standard InChI is InChI=1S/C41H44N2O6SeSi/c1-6-26-51(4,5)49-36-37(50-34-20-14-9-15-21-34)35(48-39(36)43-27-29(2)38(44)42-40(43)45)28-47-41(30-16-10-7-11-17-30,31-18-12-8-13-19-31)32-22-24-33(46-3)25-23-32/h6-25,27,35-37,39H,1,26,28H2,2-5H3,(H,42,44,45)/t35-,36-,37+,39-/m1/s1. The number of hydrogen-bond acceptors (Lipinski definition) is 6. The van der Waals surface area contributed by atoms with E-state index in [0.717, 1.165) is 28.5 Å². The molecule has 264 valence electrons. The summed E-state index contributed by atoms with van der Waals surface area (Å²) >= 11 is -0.142. The molecule has 1 aromatic heterocycles. The summed E-state index contributed by atoms with van der Waals surface area (Å²) in [4.78, 5) is 28.2. The molecule has 8 nitrogen and oxygen atoms in total. The van der Waals surface area contributed by atoms with Crippen LogP contribution in [0.3, 0.4) is 0 Å². The predicted octanol–water partition coefficient (Wildman–Crippen LogP) is 6.35. The Morgan fingerprint density at radius 1 is 0.882 bits per heavy atom. The normalized spacial score (nSPS) is 19.1. The number of ether oxygens (including phenoxy) is 3. The fraction of sp³-hybridized carbons (Fsp3) is 0.268. The maximum absolute atomic E-state index is 13.4. The van der Waals surface area contributed by atoms with Gasteiger partial charge in [0, 0.05) is 0 Å². The molecule has 1 aliphatic rings. The quantitative estimate of drug-likeness (QED) is 0.0805. The van der Waals surface area contributed by atoms with Crippen molar-refractivity contribution in [3.8, 4) is 5.75 Å². The van der Waals surface area contributed by atoms with Crippen molar-refractivity contribution >= 4 is 27.7 Å². The van der Waals surface area contributed by atoms with Crippen LogP contribution in [0.15, 0.2) is 144 Å². The van der Waals surface area contributed by atoms with Crippen LogP contribution in [0, 0.1) is 6.92 Å². The summed E-state index contributed by atoms with van der Waals surface area (Å²) in [7, 11) is -0.673. The Balaban J connectivity index is 1.49. The Hall–Kier alpha value is -4.28. The molecule has 2 heterocycles. The summed E-state index contributed by atoms with van der Waals surface area (Å²) in [6, 6.07) is 39.4. The molecule has 0 saturated carbocycles. The fourth-order valence-corrected chi connectivity index (χ4v) is 11.3. The molecule has 0 bridgehead atoms. The molecule has 0 spiro atoms. The second kappa shape index (κ2) is 15.9. The van der Waals surface area contributed by atoms with E-state index in [1.54, 1.807) is 20.2 Å². The third kappa shape index (κ3) is 7.97. The minimum atomic E-state index is -2.33. The molecule has 5 aromatic rings. The van der Waals surface area contributed by atoms with Gasteiger partial charge in [0.05, 0.1) is 0 Å². The van der Waals surface area contributed by atoms with E-state index in [1.165, 1.54) is 9.03 Å². The number of aromatic amines is 1. The molecular formula is C41H44N2O6SeSi. The van der Waals surface area contributed by atoms with Crippen LogP contribution in [0.1, 0.15) is 28.5 Å². The zero-order chi connectivity index (χ0) is 36.0. The van der Waals surface area contributed by atoms with Gasteiger partial charge in [0.1, 0.15) is 0 Å². The molecule has 1 N–H and O–H groups in total. The van der Waals surface area contributed by atoms with Crippen LogP contribution in [-0.4, -0.2) is 58.7 Å². The van der Waals surface area contributed by atoms with Gasteiger partial charge in [0.15, 0.2) is 0 Å². The Kier molecular flexibility index (Phi) is 11.4. The van der Waals surface area contributed by atoms with Crippen LogP contribution in [-0.2, 0) is 19.5 Å². The van der Waals surface area contributed by atoms with Crippen molar-refractivity contribution < 1.29 is 18.6 Å². The summed E-state index contributed by atoms with van der Waals surface area (Å²) in [5.74, 6) is 0.745. The Morgan fingerprint density at radius 2 is 1.45 bits per heavy atom. The van der Waals surface area contributed by atoms with Gasteiger partial charge in [-0.05, 0) is 0 Å². The van der Waals surface area contributed by atoms with Gasteiger partial charge in [-0.25, -0.2) is 0 Å². The number of aryl methyl sites for hydroxylation is 1. The molecule has 0 amide bonds. The van der Waals surface area contributed by atoms with Crippen molar-refractivity contribution in [2.75, 3.05) is 13.7 Å². The Bertz CT molecular complexity index is 1980. The van der Waals surface area contributed by atoms with Gasteiger partial charge in [-0.2, -0.15) is 0 Å². The molecule has 51 heavy (non-hydrogen) atoms. The van der Waals surface area contributed by atoms with Crippen molar-refractivity contribution in [3.63, 3.8) is 0 Å². The van der Waals surface area contributed by atoms with E-state index in [9.17, 15) is 9.59 Å². The first kappa shape index (κ1) is 36.5. The topological polar surface area (TPSA) is 91.8 Å². The Morgan fingerprint density at radius 3 is 2.02 bits per heavy atom. The predicted molar refractivity (Wildman–Crippen MR) is 205 cm³/mol. The van der Waals surface area contributed by atoms with Crippen molar-refractivity contribution in [1.82, 2.24) is 9.55 Å². The third-order valence-corrected chi connectivity index (χ3v) is 14.2. The molecular weight excluding hydrogens is 724 g/mol. The van der Waals surface area contributed by atoms with Crippen LogP contribution in [0.25, 0.3) is 0 Å². The van der Waals surface area contributed by atoms with Gasteiger partial charge in [-0.1, -0.05) is 0 Å². The van der Waals surface area contributed by atoms with Gasteiger partial charge in [0.25, 0.3) is 0 Å². The van der Waals surface area contributed by atoms with Crippen LogP contribution >= 0.6 is 0 Å². The van der Waals surface area contributed by atoms with E-state index in [0.29, 0.717) is 5.56 Å². The molecule has 0 aliphatic carbocycles. The summed E-state index contributed by atoms with van der Waals surface area (Å²) < 4.78 is 29.6. The number of nitrogens with zero attached hydrogens (tertiary/aromatic N) is 1. The first-order chi connectivity index (χ1) is 24.6. The average Bonchev–Trinajstić information content (AvgIpc) is 3.46. The van der Waals surface area contributed by atoms with E-state index < -0.39 is 43.6 Å². The number of benzene rings is 4. The number of allylic oxidation sites excluding steroid dienone is 1. The second-order valence-electron chi connectivity index (χ2n) is 13.2. The van der Waals surface area contributed by atoms with E-state index in [-0.39, 0.29) is 26.4 Å². The molecule has 6 rings (SSSR count). The van der Waals surface area contributed by atoms with Crippen LogP contribution in [0.5, 0.6) is 5.75 Å². The summed E-state index contributed by atoms with van der Waals surface area (Å²) in [5.41, 5.74) is 1.28. The molecule has 4 aromatic carbocycles. The van der Waals surface area contributed by atoms with Crippen LogP contribution in [0.2, 0.25) is 24.0 Å². The van der Waals surface area contributed by atoms with Crippen LogP contribution in [0.4, 0.5) is 0 Å². The molecule has 4 atom stereocenters. The van der Waals surface area contributed by atoms with E-state index in [2.05, 4.69) is 61.1 Å². The van der Waals surface area contributed by atoms with E-state index >= 15 is 0 Å². The number of hydrogen-bond donors (Lipinski definition) is 1. The molecule has 1 aliphatic heterocycles. The zero-order valence-corrected chi connectivity index (χ0v) is 32.1. The van der Waals surface area contributed by atoms with E-state index in [4.69, 9.17) is 18.6 Å². The first-order valence-electron chi connectivity index (χ1n) is 17.0. The first-order valence-corrected chi connectivity index (χ1v) is 22.0. The molecule has 0 unspecified atom stereocenters. The van der Waals surface area contributed by atoms with Gasteiger partial charge in [0.2, 0.25) is 0 Å². The average molecular weight is 768 g/mol. The minimum absolute atomic E-state index is 0.142. The zero-order valence-electron chi connectivity index (χ0n) is 29.4. The van der Waals surface area contributed by atoms with E-state index in [1.807, 2.05) is 84.9 Å². The third-order valence-electron chi connectivity index (χ3n) is 9.13. The SMILES string of the molecule is C=CC[Si](C)(C)O[C@@H]1[C@@H]([Se]c2ccccc2)[C@@H](COC(c2ccccc2)(c2ccccc2)c2ccc(OC)cc2)O[C@H]1n1cc(C)c(=O)[nH]c1=O. The number of H-pyrrole nitrogens is 1. The van der Waals surface area contributed by atoms with Gasteiger partial charge < -0.3 is 0 Å². The number of methoxy groups -OCH3 is 1. The molecule has 1 fully saturated rings. The van der Waals surface area contributed by atoms with Gasteiger partial charge in [-0.15, -0.1) is 0 Å². The monoisotopic (exact) mass is 768 g/mol. The van der Waals surface area contributed by atoms with Crippen molar-refractivity contribution in [1.29, 1.82) is 0 Å². The molecule has 1 saturated heterocycles. The van der Waals surface area contributed by atoms with Crippen LogP contribution < -0.4 is 20.4 Å².